The summed E-state index contributed by atoms with van der Waals surface area (Å²) in [6.45, 7) is -0.624. The molecule has 0 N–H and O–H groups in total. The molecule has 4 atom stereocenters. The molecule has 1 saturated heterocycles. The Kier molecular flexibility index (Phi) is 7.55. The number of halogens is 2. The Morgan fingerprint density at radius 3 is 2.19 bits per heavy atom. The van der Waals surface area contributed by atoms with Crippen LogP contribution < -0.4 is 4.74 Å². The molecule has 10 nitrogen and oxygen atoms in total. The van der Waals surface area contributed by atoms with Crippen LogP contribution in [0.25, 0.3) is 0 Å². The summed E-state index contributed by atoms with van der Waals surface area (Å²) >= 11 is 7.05. The normalized spacial score (nSPS) is 23.2. The van der Waals surface area contributed by atoms with Crippen LogP contribution in [0.1, 0.15) is 33.6 Å². The number of hydrogen-bond donors (Lipinski definition) is 0. The van der Waals surface area contributed by atoms with Gasteiger partial charge in [-0.1, -0.05) is 50.1 Å². The third kappa shape index (κ3) is 4.92. The van der Waals surface area contributed by atoms with Gasteiger partial charge in [-0.15, -0.1) is 0 Å². The molecule has 0 unspecified atom stereocenters. The van der Waals surface area contributed by atoms with Crippen LogP contribution in [0.5, 0.6) is 5.75 Å². The summed E-state index contributed by atoms with van der Waals surface area (Å²) in [5, 5.41) is 12.8. The van der Waals surface area contributed by atoms with Gasteiger partial charge in [0.1, 0.15) is 12.3 Å². The number of hydrazine groups is 1. The van der Waals surface area contributed by atoms with Gasteiger partial charge in [0, 0.05) is 32.9 Å². The van der Waals surface area contributed by atoms with Crippen molar-refractivity contribution >= 4 is 61.1 Å². The van der Waals surface area contributed by atoms with E-state index >= 15 is 0 Å². The lowest BCUT2D eigenvalue weighted by atomic mass is 9.81. The van der Waals surface area contributed by atoms with Gasteiger partial charge in [-0.05, 0) is 31.0 Å². The Bertz CT molecular complexity index is 1230. The summed E-state index contributed by atoms with van der Waals surface area (Å²) in [5.41, 5.74) is -0.254. The zero-order valence-electron chi connectivity index (χ0n) is 19.0. The summed E-state index contributed by atoms with van der Waals surface area (Å²) in [6.07, 6.45) is 0.759. The number of imide groups is 1. The molecule has 4 rings (SSSR count). The summed E-state index contributed by atoms with van der Waals surface area (Å²) in [6, 6.07) is 11.2. The zero-order valence-corrected chi connectivity index (χ0v) is 22.2. The van der Waals surface area contributed by atoms with Crippen molar-refractivity contribution in [2.45, 2.75) is 22.5 Å². The molecule has 1 aliphatic carbocycles. The molecule has 12 heteroatoms. The predicted octanol–water partition coefficient (Wildman–Crippen LogP) is 3.77. The fourth-order valence-electron chi connectivity index (χ4n) is 4.47. The molecule has 0 spiro atoms. The van der Waals surface area contributed by atoms with E-state index < -0.39 is 46.8 Å². The topological polar surface area (TPSA) is 127 Å². The second-order valence-corrected chi connectivity index (χ2v) is 10.9. The number of Topliss-reactive ketones (excluding diaryl/α,β-unsaturated/α-hetero) is 1. The van der Waals surface area contributed by atoms with Crippen LogP contribution in [0, 0.1) is 22.0 Å². The number of nitro groups is 1. The number of alkyl halides is 2. The van der Waals surface area contributed by atoms with Crippen LogP contribution in [-0.4, -0.2) is 61.8 Å². The average Bonchev–Trinajstić information content (AvgIpc) is 3.11. The number of ketones is 1. The number of ether oxygens (including phenoxy) is 1. The minimum absolute atomic E-state index is 0.0465. The minimum Gasteiger partial charge on any atom is -0.497 e. The lowest BCUT2D eigenvalue weighted by molar-refractivity contribution is -0.384. The third-order valence-corrected chi connectivity index (χ3v) is 9.09. The van der Waals surface area contributed by atoms with Crippen LogP contribution in [-0.2, 0) is 9.59 Å². The molecular formula is C24H21Br2N3O7. The third-order valence-electron chi connectivity index (χ3n) is 6.35. The van der Waals surface area contributed by atoms with Gasteiger partial charge in [0.25, 0.3) is 23.4 Å². The van der Waals surface area contributed by atoms with E-state index in [2.05, 4.69) is 31.9 Å². The van der Waals surface area contributed by atoms with E-state index in [1.807, 2.05) is 0 Å². The van der Waals surface area contributed by atoms with Crippen LogP contribution in [0.4, 0.5) is 5.69 Å². The van der Waals surface area contributed by atoms with Crippen LogP contribution in [0.2, 0.25) is 0 Å². The lowest BCUT2D eigenvalue weighted by Gasteiger charge is -2.30. The number of methoxy groups -OCH3 is 1. The van der Waals surface area contributed by atoms with E-state index in [0.29, 0.717) is 18.6 Å². The fraction of sp³-hybridized carbons (Fsp3) is 0.333. The maximum Gasteiger partial charge on any atom is 0.273 e. The van der Waals surface area contributed by atoms with Gasteiger partial charge in [0.2, 0.25) is 0 Å². The number of amides is 3. The van der Waals surface area contributed by atoms with Crippen LogP contribution in [0.15, 0.2) is 48.5 Å². The first-order valence-corrected chi connectivity index (χ1v) is 12.8. The molecule has 1 aliphatic heterocycles. The summed E-state index contributed by atoms with van der Waals surface area (Å²) in [4.78, 5) is 64.1. The van der Waals surface area contributed by atoms with Gasteiger partial charge in [0.05, 0.1) is 23.9 Å². The van der Waals surface area contributed by atoms with E-state index in [4.69, 9.17) is 4.74 Å². The summed E-state index contributed by atoms with van der Waals surface area (Å²) < 4.78 is 5.16. The van der Waals surface area contributed by atoms with Gasteiger partial charge in [0.15, 0.2) is 5.78 Å². The molecular weight excluding hydrogens is 602 g/mol. The van der Waals surface area contributed by atoms with E-state index in [0.717, 1.165) is 16.1 Å². The Labute approximate surface area is 222 Å². The fourth-order valence-corrected chi connectivity index (χ4v) is 5.71. The number of carbonyl (C=O) groups is 4. The average molecular weight is 623 g/mol. The van der Waals surface area contributed by atoms with Crippen molar-refractivity contribution < 1.29 is 28.8 Å². The number of nitrogens with zero attached hydrogens (tertiary/aromatic N) is 3. The highest BCUT2D eigenvalue weighted by Crippen LogP contribution is 2.43. The van der Waals surface area contributed by atoms with Crippen molar-refractivity contribution in [2.75, 3.05) is 13.7 Å². The minimum atomic E-state index is -0.874. The predicted molar refractivity (Wildman–Crippen MR) is 135 cm³/mol. The first-order valence-electron chi connectivity index (χ1n) is 11.0. The molecule has 0 aromatic heterocycles. The van der Waals surface area contributed by atoms with E-state index in [1.54, 1.807) is 12.1 Å². The Morgan fingerprint density at radius 2 is 1.61 bits per heavy atom. The van der Waals surface area contributed by atoms with Gasteiger partial charge in [-0.25, -0.2) is 5.01 Å². The maximum absolute atomic E-state index is 13.6. The monoisotopic (exact) mass is 621 g/mol. The summed E-state index contributed by atoms with van der Waals surface area (Å²) in [5.74, 6) is -3.45. The van der Waals surface area contributed by atoms with Crippen LogP contribution in [0.3, 0.4) is 0 Å². The number of hydrogen-bond acceptors (Lipinski definition) is 7. The quantitative estimate of drug-likeness (QED) is 0.151. The number of carbonyl (C=O) groups excluding carboxylic acids is 4. The van der Waals surface area contributed by atoms with E-state index in [1.165, 1.54) is 37.4 Å². The zero-order chi connectivity index (χ0) is 26.1. The van der Waals surface area contributed by atoms with Gasteiger partial charge < -0.3 is 4.74 Å². The molecule has 2 fully saturated rings. The van der Waals surface area contributed by atoms with Crippen molar-refractivity contribution in [3.8, 4) is 5.75 Å². The molecule has 0 bridgehead atoms. The number of fused-ring (bicyclic) bond motifs is 1. The highest BCUT2D eigenvalue weighted by atomic mass is 79.9. The van der Waals surface area contributed by atoms with E-state index in [9.17, 15) is 29.3 Å². The SMILES string of the molecule is COc1cccc(C(=O)CN(C(=O)c2cccc([N+](=O)[O-])c2)N2C(=O)[C@H]3C[C@@H](Br)[C@@H](Br)C[C@H]3C2=O)c1. The Balaban J connectivity index is 1.72. The molecule has 36 heavy (non-hydrogen) atoms. The van der Waals surface area contributed by atoms with Crippen LogP contribution >= 0.6 is 31.9 Å². The second kappa shape index (κ2) is 10.5. The number of nitro benzene ring substituents is 1. The Hall–Kier alpha value is -3.12. The molecule has 188 valence electrons. The highest BCUT2D eigenvalue weighted by Gasteiger charge is 2.54. The smallest absolute Gasteiger partial charge is 0.273 e. The lowest BCUT2D eigenvalue weighted by Crippen LogP contribution is -2.52. The molecule has 1 heterocycles. The van der Waals surface area contributed by atoms with Gasteiger partial charge >= 0.3 is 0 Å². The Morgan fingerprint density at radius 1 is 1.03 bits per heavy atom. The largest absolute Gasteiger partial charge is 0.497 e. The van der Waals surface area contributed by atoms with Gasteiger partial charge in [-0.2, -0.15) is 5.01 Å². The number of non-ortho nitro benzene ring substituents is 1. The molecule has 3 amide bonds. The van der Waals surface area contributed by atoms with Crippen molar-refractivity contribution in [3.05, 3.63) is 69.8 Å². The first-order chi connectivity index (χ1) is 17.1. The molecule has 2 aliphatic rings. The molecule has 2 aromatic rings. The summed E-state index contributed by atoms with van der Waals surface area (Å²) in [7, 11) is 1.44. The maximum atomic E-state index is 13.6. The number of rotatable bonds is 7. The van der Waals surface area contributed by atoms with E-state index in [-0.39, 0.29) is 26.5 Å². The van der Waals surface area contributed by atoms with Gasteiger partial charge in [-0.3, -0.25) is 29.3 Å². The number of benzene rings is 2. The molecule has 2 aromatic carbocycles. The van der Waals surface area contributed by atoms with Crippen molar-refractivity contribution in [1.82, 2.24) is 10.0 Å². The highest BCUT2D eigenvalue weighted by molar-refractivity contribution is 9.12. The van der Waals surface area contributed by atoms with Crippen molar-refractivity contribution in [2.24, 2.45) is 11.8 Å². The second-order valence-electron chi connectivity index (χ2n) is 8.53. The van der Waals surface area contributed by atoms with Crippen molar-refractivity contribution in [1.29, 1.82) is 0 Å². The first kappa shape index (κ1) is 26.0. The molecule has 0 radical (unpaired) electrons. The van der Waals surface area contributed by atoms with Crippen molar-refractivity contribution in [3.63, 3.8) is 0 Å². The molecule has 1 saturated carbocycles. The standard InChI is InChI=1S/C24H21Br2N3O7/c1-36-16-7-3-4-13(9-16)21(30)12-27(22(31)14-5-2-6-15(8-14)29(34)35)28-23(32)17-10-19(25)20(26)11-18(17)24(28)33/h2-9,17-20H,10-12H2,1H3/t17-,18+,19+,20-.